The Labute approximate surface area is 148 Å². The lowest BCUT2D eigenvalue weighted by atomic mass is 10.0. The number of fused-ring (bicyclic) bond motifs is 1. The SMILES string of the molecule is Oc1ccc(-n2nnc(S)c2-c2ccc(O)c3ccccc23)c(O)c1. The zero-order valence-corrected chi connectivity index (χ0v) is 13.7. The Bertz CT molecular complexity index is 1110. The van der Waals surface area contributed by atoms with Gasteiger partial charge < -0.3 is 15.3 Å². The number of phenols is 3. The Morgan fingerprint density at radius 1 is 0.840 bits per heavy atom. The van der Waals surface area contributed by atoms with E-state index in [1.165, 1.54) is 16.8 Å². The van der Waals surface area contributed by atoms with Gasteiger partial charge in [0.1, 0.15) is 33.7 Å². The zero-order chi connectivity index (χ0) is 17.6. The number of aromatic hydroxyl groups is 3. The number of nitrogens with zero attached hydrogens (tertiary/aromatic N) is 3. The maximum Gasteiger partial charge on any atom is 0.145 e. The van der Waals surface area contributed by atoms with Gasteiger partial charge in [-0.25, -0.2) is 4.68 Å². The lowest BCUT2D eigenvalue weighted by Gasteiger charge is -2.12. The summed E-state index contributed by atoms with van der Waals surface area (Å²) in [6.45, 7) is 0. The van der Waals surface area contributed by atoms with Gasteiger partial charge in [-0.1, -0.05) is 29.5 Å². The van der Waals surface area contributed by atoms with E-state index >= 15 is 0 Å². The molecule has 0 saturated carbocycles. The first kappa shape index (κ1) is 15.3. The Kier molecular flexibility index (Phi) is 3.51. The molecule has 1 aromatic heterocycles. The van der Waals surface area contributed by atoms with Crippen LogP contribution in [0, 0.1) is 0 Å². The normalized spacial score (nSPS) is 11.1. The number of rotatable bonds is 2. The van der Waals surface area contributed by atoms with Crippen molar-refractivity contribution in [3.63, 3.8) is 0 Å². The van der Waals surface area contributed by atoms with Crippen LogP contribution in [0.5, 0.6) is 17.2 Å². The summed E-state index contributed by atoms with van der Waals surface area (Å²) in [6.07, 6.45) is 0. The average Bonchev–Trinajstić information content (AvgIpc) is 2.97. The summed E-state index contributed by atoms with van der Waals surface area (Å²) in [5.74, 6) is -0.0155. The molecule has 3 aromatic carbocycles. The number of benzene rings is 3. The standard InChI is InChI=1S/C18H13N3O3S/c22-10-5-7-14(16(24)9-10)21-17(18(25)19-20-21)13-6-8-15(23)12-4-2-1-3-11(12)13/h1-9,22-25H. The Hall–Kier alpha value is -3.19. The largest absolute Gasteiger partial charge is 0.508 e. The van der Waals surface area contributed by atoms with Crippen LogP contribution >= 0.6 is 12.6 Å². The van der Waals surface area contributed by atoms with Crippen LogP contribution in [0.4, 0.5) is 0 Å². The third-order valence-corrected chi connectivity index (χ3v) is 4.30. The van der Waals surface area contributed by atoms with Crippen LogP contribution in [0.3, 0.4) is 0 Å². The van der Waals surface area contributed by atoms with E-state index in [0.29, 0.717) is 21.8 Å². The van der Waals surface area contributed by atoms with Gasteiger partial charge in [0.25, 0.3) is 0 Å². The quantitative estimate of drug-likeness (QED) is 0.415. The lowest BCUT2D eigenvalue weighted by Crippen LogP contribution is -2.00. The van der Waals surface area contributed by atoms with Crippen molar-refractivity contribution in [2.24, 2.45) is 0 Å². The molecule has 25 heavy (non-hydrogen) atoms. The van der Waals surface area contributed by atoms with Crippen molar-refractivity contribution in [3.8, 4) is 34.2 Å². The molecule has 0 atom stereocenters. The Balaban J connectivity index is 2.03. The molecule has 0 bridgehead atoms. The van der Waals surface area contributed by atoms with Gasteiger partial charge in [-0.3, -0.25) is 0 Å². The van der Waals surface area contributed by atoms with Crippen LogP contribution in [0.1, 0.15) is 0 Å². The maximum atomic E-state index is 10.2. The van der Waals surface area contributed by atoms with Gasteiger partial charge in [-0.2, -0.15) is 0 Å². The number of phenolic OH excluding ortho intramolecular Hbond substituents is 3. The number of aromatic nitrogens is 3. The first-order valence-electron chi connectivity index (χ1n) is 7.44. The van der Waals surface area contributed by atoms with Crippen molar-refractivity contribution in [1.29, 1.82) is 0 Å². The Morgan fingerprint density at radius 2 is 1.60 bits per heavy atom. The van der Waals surface area contributed by atoms with Gasteiger partial charge in [0.05, 0.1) is 0 Å². The van der Waals surface area contributed by atoms with Gasteiger partial charge in [-0.05, 0) is 29.7 Å². The first-order chi connectivity index (χ1) is 12.1. The third-order valence-electron chi connectivity index (χ3n) is 4.00. The molecular weight excluding hydrogens is 338 g/mol. The predicted octanol–water partition coefficient (Wildman–Crippen LogP) is 3.49. The van der Waals surface area contributed by atoms with E-state index in [1.54, 1.807) is 18.2 Å². The van der Waals surface area contributed by atoms with Crippen molar-refractivity contribution in [1.82, 2.24) is 15.0 Å². The van der Waals surface area contributed by atoms with Crippen LogP contribution < -0.4 is 0 Å². The molecule has 0 amide bonds. The van der Waals surface area contributed by atoms with E-state index in [0.717, 1.165) is 10.9 Å². The number of thiol groups is 1. The monoisotopic (exact) mass is 351 g/mol. The highest BCUT2D eigenvalue weighted by atomic mass is 32.1. The fraction of sp³-hybridized carbons (Fsp3) is 0. The summed E-state index contributed by atoms with van der Waals surface area (Å²) in [7, 11) is 0. The molecular formula is C18H13N3O3S. The zero-order valence-electron chi connectivity index (χ0n) is 12.8. The maximum absolute atomic E-state index is 10.2. The lowest BCUT2D eigenvalue weighted by molar-refractivity contribution is 0.447. The van der Waals surface area contributed by atoms with Crippen molar-refractivity contribution in [3.05, 3.63) is 54.6 Å². The molecule has 4 aromatic rings. The van der Waals surface area contributed by atoms with E-state index in [9.17, 15) is 15.3 Å². The molecule has 124 valence electrons. The molecule has 4 rings (SSSR count). The van der Waals surface area contributed by atoms with Gasteiger partial charge in [0.2, 0.25) is 0 Å². The summed E-state index contributed by atoms with van der Waals surface area (Å²) >= 11 is 4.40. The van der Waals surface area contributed by atoms with Gasteiger partial charge in [-0.15, -0.1) is 17.7 Å². The smallest absolute Gasteiger partial charge is 0.145 e. The Morgan fingerprint density at radius 3 is 2.36 bits per heavy atom. The molecule has 0 saturated heterocycles. The van der Waals surface area contributed by atoms with E-state index < -0.39 is 0 Å². The summed E-state index contributed by atoms with van der Waals surface area (Å²) in [5, 5.41) is 39.7. The van der Waals surface area contributed by atoms with E-state index in [-0.39, 0.29) is 17.2 Å². The molecule has 0 spiro atoms. The highest BCUT2D eigenvalue weighted by Gasteiger charge is 2.19. The van der Waals surface area contributed by atoms with Crippen LogP contribution in [-0.2, 0) is 0 Å². The first-order valence-corrected chi connectivity index (χ1v) is 7.89. The second-order valence-electron chi connectivity index (χ2n) is 5.52. The summed E-state index contributed by atoms with van der Waals surface area (Å²) in [4.78, 5) is 0. The van der Waals surface area contributed by atoms with Crippen LogP contribution in [-0.4, -0.2) is 30.3 Å². The van der Waals surface area contributed by atoms with Crippen LogP contribution in [0.25, 0.3) is 27.7 Å². The highest BCUT2D eigenvalue weighted by Crippen LogP contribution is 2.38. The number of hydrogen-bond donors (Lipinski definition) is 4. The van der Waals surface area contributed by atoms with E-state index in [2.05, 4.69) is 22.9 Å². The summed E-state index contributed by atoms with van der Waals surface area (Å²) in [5.41, 5.74) is 1.69. The molecule has 0 radical (unpaired) electrons. The van der Waals surface area contributed by atoms with Crippen LogP contribution in [0.2, 0.25) is 0 Å². The minimum atomic E-state index is -0.137. The molecule has 7 heteroatoms. The van der Waals surface area contributed by atoms with Gasteiger partial charge in [0, 0.05) is 17.0 Å². The summed E-state index contributed by atoms with van der Waals surface area (Å²) < 4.78 is 1.45. The third kappa shape index (κ3) is 2.45. The van der Waals surface area contributed by atoms with Crippen molar-refractivity contribution >= 4 is 23.4 Å². The van der Waals surface area contributed by atoms with Crippen molar-refractivity contribution in [2.45, 2.75) is 5.03 Å². The second kappa shape index (κ2) is 5.71. The topological polar surface area (TPSA) is 91.4 Å². The summed E-state index contributed by atoms with van der Waals surface area (Å²) in [6, 6.07) is 15.0. The molecule has 0 fully saturated rings. The predicted molar refractivity (Wildman–Crippen MR) is 96.5 cm³/mol. The minimum Gasteiger partial charge on any atom is -0.508 e. The molecule has 0 aliphatic rings. The van der Waals surface area contributed by atoms with Crippen LogP contribution in [0.15, 0.2) is 59.6 Å². The molecule has 6 nitrogen and oxygen atoms in total. The number of hydrogen-bond acceptors (Lipinski definition) is 6. The van der Waals surface area contributed by atoms with Crippen molar-refractivity contribution < 1.29 is 15.3 Å². The average molecular weight is 351 g/mol. The van der Waals surface area contributed by atoms with Crippen molar-refractivity contribution in [2.75, 3.05) is 0 Å². The molecule has 1 heterocycles. The molecule has 0 aliphatic heterocycles. The van der Waals surface area contributed by atoms with E-state index in [1.807, 2.05) is 24.3 Å². The van der Waals surface area contributed by atoms with Gasteiger partial charge >= 0.3 is 0 Å². The fourth-order valence-corrected chi connectivity index (χ4v) is 3.11. The second-order valence-corrected chi connectivity index (χ2v) is 5.95. The van der Waals surface area contributed by atoms with Gasteiger partial charge in [0.15, 0.2) is 0 Å². The molecule has 0 unspecified atom stereocenters. The minimum absolute atomic E-state index is 0.0518. The highest BCUT2D eigenvalue weighted by molar-refractivity contribution is 7.80. The fourth-order valence-electron chi connectivity index (χ4n) is 2.86. The molecule has 0 aliphatic carbocycles. The van der Waals surface area contributed by atoms with E-state index in [4.69, 9.17) is 0 Å². The molecule has 3 N–H and O–H groups in total.